The first-order valence-corrected chi connectivity index (χ1v) is 7.00. The highest BCUT2D eigenvalue weighted by molar-refractivity contribution is 9.10. The maximum atomic E-state index is 4.46. The Morgan fingerprint density at radius 3 is 2.68 bits per heavy atom. The summed E-state index contributed by atoms with van der Waals surface area (Å²) in [5.74, 6) is 1.46. The van der Waals surface area contributed by atoms with E-state index in [0.717, 1.165) is 28.1 Å². The standard InChI is InChI=1S/C14H17BrN4/c1-4-16-14-17-8-10(3)13(19-14)18-11-6-5-9(2)12(15)7-11/h5-8H,4H2,1-3H3,(H2,16,17,18,19). The van der Waals surface area contributed by atoms with Gasteiger partial charge >= 0.3 is 0 Å². The molecule has 1 aromatic heterocycles. The van der Waals surface area contributed by atoms with Crippen molar-refractivity contribution in [1.29, 1.82) is 0 Å². The Bertz CT molecular complexity index is 584. The number of hydrogen-bond acceptors (Lipinski definition) is 4. The third-order valence-electron chi connectivity index (χ3n) is 2.74. The molecule has 100 valence electrons. The van der Waals surface area contributed by atoms with Crippen LogP contribution in [0.1, 0.15) is 18.1 Å². The number of nitrogens with one attached hydrogen (secondary N) is 2. The summed E-state index contributed by atoms with van der Waals surface area (Å²) in [4.78, 5) is 8.69. The zero-order valence-electron chi connectivity index (χ0n) is 11.3. The average Bonchev–Trinajstić information content (AvgIpc) is 2.38. The quantitative estimate of drug-likeness (QED) is 0.892. The van der Waals surface area contributed by atoms with Crippen LogP contribution in [0.2, 0.25) is 0 Å². The van der Waals surface area contributed by atoms with Gasteiger partial charge in [0.05, 0.1) is 0 Å². The Balaban J connectivity index is 2.26. The average molecular weight is 321 g/mol. The molecule has 0 aliphatic heterocycles. The van der Waals surface area contributed by atoms with Gasteiger partial charge in [0, 0.05) is 28.5 Å². The molecular formula is C14H17BrN4. The molecule has 0 aliphatic carbocycles. The molecule has 0 amide bonds. The predicted molar refractivity (Wildman–Crippen MR) is 83.1 cm³/mol. The van der Waals surface area contributed by atoms with Crippen molar-refractivity contribution in [2.45, 2.75) is 20.8 Å². The van der Waals surface area contributed by atoms with Crippen LogP contribution in [0.15, 0.2) is 28.9 Å². The fourth-order valence-electron chi connectivity index (χ4n) is 1.62. The van der Waals surface area contributed by atoms with Gasteiger partial charge < -0.3 is 10.6 Å². The third-order valence-corrected chi connectivity index (χ3v) is 3.60. The van der Waals surface area contributed by atoms with E-state index >= 15 is 0 Å². The molecule has 0 fully saturated rings. The molecule has 5 heteroatoms. The topological polar surface area (TPSA) is 49.8 Å². The van der Waals surface area contributed by atoms with Crippen LogP contribution in [0.4, 0.5) is 17.5 Å². The van der Waals surface area contributed by atoms with E-state index in [2.05, 4.69) is 49.5 Å². The Hall–Kier alpha value is -1.62. The monoisotopic (exact) mass is 320 g/mol. The van der Waals surface area contributed by atoms with Crippen LogP contribution in [0.25, 0.3) is 0 Å². The van der Waals surface area contributed by atoms with Crippen LogP contribution < -0.4 is 10.6 Å². The molecule has 0 radical (unpaired) electrons. The highest BCUT2D eigenvalue weighted by Crippen LogP contribution is 2.24. The first-order chi connectivity index (χ1) is 9.10. The lowest BCUT2D eigenvalue weighted by Crippen LogP contribution is -2.05. The minimum absolute atomic E-state index is 0.641. The van der Waals surface area contributed by atoms with E-state index in [-0.39, 0.29) is 0 Å². The molecule has 0 atom stereocenters. The molecule has 1 heterocycles. The lowest BCUT2D eigenvalue weighted by molar-refractivity contribution is 1.07. The molecule has 0 bridgehead atoms. The minimum atomic E-state index is 0.641. The fourth-order valence-corrected chi connectivity index (χ4v) is 2.00. The van der Waals surface area contributed by atoms with E-state index in [9.17, 15) is 0 Å². The summed E-state index contributed by atoms with van der Waals surface area (Å²) < 4.78 is 1.08. The number of rotatable bonds is 4. The van der Waals surface area contributed by atoms with Gasteiger partial charge in [-0.3, -0.25) is 0 Å². The summed E-state index contributed by atoms with van der Waals surface area (Å²) in [5, 5.41) is 6.43. The minimum Gasteiger partial charge on any atom is -0.354 e. The normalized spacial score (nSPS) is 10.3. The highest BCUT2D eigenvalue weighted by Gasteiger charge is 2.05. The summed E-state index contributed by atoms with van der Waals surface area (Å²) in [7, 11) is 0. The second-order valence-corrected chi connectivity index (χ2v) is 5.20. The number of aromatic nitrogens is 2. The van der Waals surface area contributed by atoms with Crippen molar-refractivity contribution in [1.82, 2.24) is 9.97 Å². The summed E-state index contributed by atoms with van der Waals surface area (Å²) in [6, 6.07) is 6.15. The molecule has 2 N–H and O–H groups in total. The number of benzene rings is 1. The number of hydrogen-bond donors (Lipinski definition) is 2. The van der Waals surface area contributed by atoms with E-state index in [4.69, 9.17) is 0 Å². The maximum absolute atomic E-state index is 4.46. The van der Waals surface area contributed by atoms with Gasteiger partial charge in [0.15, 0.2) is 0 Å². The molecule has 2 rings (SSSR count). The lowest BCUT2D eigenvalue weighted by Gasteiger charge is -2.11. The Kier molecular flexibility index (Phi) is 4.37. The van der Waals surface area contributed by atoms with Crippen molar-refractivity contribution in [3.05, 3.63) is 40.0 Å². The van der Waals surface area contributed by atoms with E-state index in [1.807, 2.05) is 32.2 Å². The smallest absolute Gasteiger partial charge is 0.224 e. The predicted octanol–water partition coefficient (Wildman–Crippen LogP) is 4.03. The summed E-state index contributed by atoms with van der Waals surface area (Å²) in [6.07, 6.45) is 1.82. The zero-order chi connectivity index (χ0) is 13.8. The molecule has 2 aromatic rings. The Morgan fingerprint density at radius 1 is 1.21 bits per heavy atom. The van der Waals surface area contributed by atoms with Gasteiger partial charge in [0.1, 0.15) is 5.82 Å². The fraction of sp³-hybridized carbons (Fsp3) is 0.286. The second-order valence-electron chi connectivity index (χ2n) is 4.34. The molecule has 19 heavy (non-hydrogen) atoms. The van der Waals surface area contributed by atoms with Crippen molar-refractivity contribution < 1.29 is 0 Å². The van der Waals surface area contributed by atoms with E-state index in [1.54, 1.807) is 0 Å². The van der Waals surface area contributed by atoms with E-state index in [1.165, 1.54) is 5.56 Å². The largest absolute Gasteiger partial charge is 0.354 e. The number of anilines is 3. The van der Waals surface area contributed by atoms with Crippen LogP contribution in [-0.2, 0) is 0 Å². The van der Waals surface area contributed by atoms with Gasteiger partial charge in [0.25, 0.3) is 0 Å². The van der Waals surface area contributed by atoms with Crippen molar-refractivity contribution in [2.24, 2.45) is 0 Å². The second kappa shape index (κ2) is 6.02. The maximum Gasteiger partial charge on any atom is 0.224 e. The highest BCUT2D eigenvalue weighted by atomic mass is 79.9. The van der Waals surface area contributed by atoms with Gasteiger partial charge in [-0.05, 0) is 38.5 Å². The van der Waals surface area contributed by atoms with Crippen LogP contribution >= 0.6 is 15.9 Å². The van der Waals surface area contributed by atoms with Crippen LogP contribution in [0.5, 0.6) is 0 Å². The lowest BCUT2D eigenvalue weighted by atomic mass is 10.2. The molecule has 0 saturated heterocycles. The molecule has 1 aromatic carbocycles. The van der Waals surface area contributed by atoms with Gasteiger partial charge in [0.2, 0.25) is 5.95 Å². The molecule has 0 unspecified atom stereocenters. The van der Waals surface area contributed by atoms with Crippen LogP contribution in [0, 0.1) is 13.8 Å². The summed E-state index contributed by atoms with van der Waals surface area (Å²) >= 11 is 3.53. The van der Waals surface area contributed by atoms with Gasteiger partial charge in [-0.15, -0.1) is 0 Å². The molecule has 0 spiro atoms. The molecular weight excluding hydrogens is 304 g/mol. The van der Waals surface area contributed by atoms with Crippen molar-refractivity contribution in [3.8, 4) is 0 Å². The van der Waals surface area contributed by atoms with E-state index in [0.29, 0.717) is 5.95 Å². The zero-order valence-corrected chi connectivity index (χ0v) is 12.9. The third kappa shape index (κ3) is 3.44. The number of aryl methyl sites for hydroxylation is 2. The van der Waals surface area contributed by atoms with Crippen LogP contribution in [-0.4, -0.2) is 16.5 Å². The molecule has 0 saturated carbocycles. The van der Waals surface area contributed by atoms with Crippen LogP contribution in [0.3, 0.4) is 0 Å². The Labute approximate surface area is 121 Å². The van der Waals surface area contributed by atoms with Crippen molar-refractivity contribution in [2.75, 3.05) is 17.2 Å². The summed E-state index contributed by atoms with van der Waals surface area (Å²) in [5.41, 5.74) is 3.22. The van der Waals surface area contributed by atoms with Crippen molar-refractivity contribution >= 4 is 33.4 Å². The van der Waals surface area contributed by atoms with Gasteiger partial charge in [-0.25, -0.2) is 4.98 Å². The number of halogens is 1. The molecule has 4 nitrogen and oxygen atoms in total. The first kappa shape index (κ1) is 13.8. The van der Waals surface area contributed by atoms with E-state index < -0.39 is 0 Å². The SMILES string of the molecule is CCNc1ncc(C)c(Nc2ccc(C)c(Br)c2)n1. The summed E-state index contributed by atoms with van der Waals surface area (Å²) in [6.45, 7) is 6.88. The van der Waals surface area contributed by atoms with Crippen molar-refractivity contribution in [3.63, 3.8) is 0 Å². The first-order valence-electron chi connectivity index (χ1n) is 6.21. The van der Waals surface area contributed by atoms with Gasteiger partial charge in [-0.1, -0.05) is 22.0 Å². The van der Waals surface area contributed by atoms with Gasteiger partial charge in [-0.2, -0.15) is 4.98 Å². The Morgan fingerprint density at radius 2 is 2.00 bits per heavy atom. The number of nitrogens with zero attached hydrogens (tertiary/aromatic N) is 2. The molecule has 0 aliphatic rings.